The van der Waals surface area contributed by atoms with Gasteiger partial charge >= 0.3 is 0 Å². The molecule has 1 unspecified atom stereocenters. The lowest BCUT2D eigenvalue weighted by molar-refractivity contribution is 0.0721. The Balaban J connectivity index is 1.70. The molecule has 3 nitrogen and oxygen atoms in total. The van der Waals surface area contributed by atoms with Crippen molar-refractivity contribution < 1.29 is 4.74 Å². The highest BCUT2D eigenvalue weighted by atomic mass is 35.5. The Morgan fingerprint density at radius 2 is 2.05 bits per heavy atom. The molecule has 0 saturated carbocycles. The highest BCUT2D eigenvalue weighted by molar-refractivity contribution is 7.97. The second-order valence-electron chi connectivity index (χ2n) is 5.88. The van der Waals surface area contributed by atoms with Crippen LogP contribution in [0.1, 0.15) is 37.7 Å². The number of nitrogens with two attached hydrogens (primary N) is 1. The summed E-state index contributed by atoms with van der Waals surface area (Å²) >= 11 is 7.28. The van der Waals surface area contributed by atoms with E-state index in [0.29, 0.717) is 22.9 Å². The Labute approximate surface area is 135 Å². The van der Waals surface area contributed by atoms with E-state index in [2.05, 4.69) is 11.9 Å². The minimum absolute atomic E-state index is 0.239. The predicted octanol–water partition coefficient (Wildman–Crippen LogP) is 3.97. The molecule has 114 valence electrons. The van der Waals surface area contributed by atoms with Gasteiger partial charge in [-0.2, -0.15) is 0 Å². The maximum Gasteiger partial charge on any atom is 0.121 e. The van der Waals surface area contributed by atoms with Crippen LogP contribution in [0.15, 0.2) is 29.7 Å². The van der Waals surface area contributed by atoms with Crippen LogP contribution in [0, 0.1) is 0 Å². The third-order valence-corrected chi connectivity index (χ3v) is 5.19. The van der Waals surface area contributed by atoms with E-state index in [1.165, 1.54) is 31.2 Å². The van der Waals surface area contributed by atoms with Gasteiger partial charge in [-0.3, -0.25) is 5.14 Å². The molecule has 2 bridgehead atoms. The van der Waals surface area contributed by atoms with Gasteiger partial charge < -0.3 is 10.1 Å². The van der Waals surface area contributed by atoms with Crippen molar-refractivity contribution in [3.8, 4) is 0 Å². The van der Waals surface area contributed by atoms with Gasteiger partial charge in [-0.25, -0.2) is 0 Å². The number of hydrogen-bond acceptors (Lipinski definition) is 4. The number of piperidine rings is 2. The summed E-state index contributed by atoms with van der Waals surface area (Å²) in [4.78, 5) is 0.943. The van der Waals surface area contributed by atoms with E-state index in [1.54, 1.807) is 0 Å². The Morgan fingerprint density at radius 1 is 1.33 bits per heavy atom. The number of nitrogens with one attached hydrogen (secondary N) is 1. The molecule has 2 aliphatic heterocycles. The van der Waals surface area contributed by atoms with Crippen molar-refractivity contribution in [2.24, 2.45) is 5.14 Å². The van der Waals surface area contributed by atoms with E-state index in [-0.39, 0.29) is 6.10 Å². The Morgan fingerprint density at radius 3 is 2.71 bits per heavy atom. The molecule has 0 amide bonds. The fraction of sp³-hybridized carbons (Fsp3) is 0.500. The molecule has 2 fully saturated rings. The van der Waals surface area contributed by atoms with Gasteiger partial charge in [-0.05, 0) is 55.8 Å². The fourth-order valence-corrected chi connectivity index (χ4v) is 4.02. The molecule has 2 aliphatic rings. The fourth-order valence-electron chi connectivity index (χ4n) is 3.40. The van der Waals surface area contributed by atoms with Crippen LogP contribution in [-0.4, -0.2) is 18.2 Å². The quantitative estimate of drug-likeness (QED) is 0.650. The standard InChI is InChI=1S/C16H21ClN2OS/c1-10(15-7-11(17)5-6-16(15)21-18)20-14-8-12-3-2-4-13(9-14)19-12/h5-7,12-14,19H,1-4,8-9,18H2/t12-,13+,14?. The smallest absolute Gasteiger partial charge is 0.121 e. The number of fused-ring (bicyclic) bond motifs is 2. The van der Waals surface area contributed by atoms with Crippen LogP contribution in [0.25, 0.3) is 5.76 Å². The van der Waals surface area contributed by atoms with Crippen LogP contribution in [0.2, 0.25) is 5.02 Å². The number of hydrogen-bond donors (Lipinski definition) is 2. The molecule has 3 rings (SSSR count). The van der Waals surface area contributed by atoms with Crippen LogP contribution in [0.4, 0.5) is 0 Å². The van der Waals surface area contributed by atoms with E-state index in [4.69, 9.17) is 21.5 Å². The molecule has 3 N–H and O–H groups in total. The lowest BCUT2D eigenvalue weighted by Crippen LogP contribution is -2.50. The van der Waals surface area contributed by atoms with Gasteiger partial charge in [-0.15, -0.1) is 0 Å². The van der Waals surface area contributed by atoms with Crippen molar-refractivity contribution in [1.29, 1.82) is 0 Å². The zero-order valence-electron chi connectivity index (χ0n) is 12.0. The third kappa shape index (κ3) is 3.57. The number of benzene rings is 1. The summed E-state index contributed by atoms with van der Waals surface area (Å²) in [6, 6.07) is 6.81. The van der Waals surface area contributed by atoms with Gasteiger partial charge in [0.2, 0.25) is 0 Å². The lowest BCUT2D eigenvalue weighted by Gasteiger charge is -2.40. The summed E-state index contributed by atoms with van der Waals surface area (Å²) in [5.41, 5.74) is 0.902. The third-order valence-electron chi connectivity index (χ3n) is 4.35. The van der Waals surface area contributed by atoms with Crippen molar-refractivity contribution in [3.63, 3.8) is 0 Å². The monoisotopic (exact) mass is 324 g/mol. The zero-order valence-corrected chi connectivity index (χ0v) is 13.6. The molecule has 0 spiro atoms. The maximum atomic E-state index is 6.15. The zero-order chi connectivity index (χ0) is 14.8. The minimum Gasteiger partial charge on any atom is -0.490 e. The Hall–Kier alpha value is -0.680. The van der Waals surface area contributed by atoms with E-state index in [0.717, 1.165) is 23.3 Å². The van der Waals surface area contributed by atoms with Crippen molar-refractivity contribution in [2.45, 2.75) is 55.2 Å². The summed E-state index contributed by atoms with van der Waals surface area (Å²) in [5.74, 6) is 0.676. The van der Waals surface area contributed by atoms with Gasteiger partial charge in [0.05, 0.1) is 0 Å². The number of ether oxygens (including phenoxy) is 1. The van der Waals surface area contributed by atoms with Crippen molar-refractivity contribution in [2.75, 3.05) is 0 Å². The maximum absolute atomic E-state index is 6.15. The average molecular weight is 325 g/mol. The highest BCUT2D eigenvalue weighted by Gasteiger charge is 2.32. The second-order valence-corrected chi connectivity index (χ2v) is 7.00. The van der Waals surface area contributed by atoms with Crippen LogP contribution in [0.5, 0.6) is 0 Å². The minimum atomic E-state index is 0.239. The molecule has 0 aromatic heterocycles. The van der Waals surface area contributed by atoms with E-state index < -0.39 is 0 Å². The van der Waals surface area contributed by atoms with Gasteiger partial charge in [0.15, 0.2) is 0 Å². The summed E-state index contributed by atoms with van der Waals surface area (Å²) in [6.45, 7) is 4.09. The summed E-state index contributed by atoms with van der Waals surface area (Å²) in [6.07, 6.45) is 6.19. The summed E-state index contributed by atoms with van der Waals surface area (Å²) in [5, 5.41) is 10.1. The molecular formula is C16H21ClN2OS. The van der Waals surface area contributed by atoms with Crippen molar-refractivity contribution >= 4 is 29.3 Å². The van der Waals surface area contributed by atoms with Crippen LogP contribution in [0.3, 0.4) is 0 Å². The number of halogens is 1. The highest BCUT2D eigenvalue weighted by Crippen LogP contribution is 2.33. The van der Waals surface area contributed by atoms with Crippen LogP contribution in [-0.2, 0) is 4.74 Å². The molecule has 2 saturated heterocycles. The first-order valence-corrected chi connectivity index (χ1v) is 8.69. The van der Waals surface area contributed by atoms with Crippen molar-refractivity contribution in [1.82, 2.24) is 5.32 Å². The predicted molar refractivity (Wildman–Crippen MR) is 89.2 cm³/mol. The van der Waals surface area contributed by atoms with Gasteiger partial charge in [-0.1, -0.05) is 24.6 Å². The molecule has 1 aromatic carbocycles. The lowest BCUT2D eigenvalue weighted by atomic mass is 9.85. The van der Waals surface area contributed by atoms with Gasteiger partial charge in [0.25, 0.3) is 0 Å². The van der Waals surface area contributed by atoms with Crippen molar-refractivity contribution in [3.05, 3.63) is 35.4 Å². The first-order chi connectivity index (χ1) is 10.2. The molecule has 5 heteroatoms. The van der Waals surface area contributed by atoms with Crippen LogP contribution >= 0.6 is 23.5 Å². The molecule has 0 aliphatic carbocycles. The van der Waals surface area contributed by atoms with Crippen LogP contribution < -0.4 is 10.5 Å². The first-order valence-electron chi connectivity index (χ1n) is 7.44. The Bertz CT molecular complexity index is 525. The van der Waals surface area contributed by atoms with E-state index >= 15 is 0 Å². The topological polar surface area (TPSA) is 47.3 Å². The largest absolute Gasteiger partial charge is 0.490 e. The molecule has 2 heterocycles. The SMILES string of the molecule is C=C(OC1C[C@H]2CCC[C@@H](C1)N2)c1cc(Cl)ccc1SN. The summed E-state index contributed by atoms with van der Waals surface area (Å²) in [7, 11) is 0. The Kier molecular flexibility index (Phi) is 4.79. The summed E-state index contributed by atoms with van der Waals surface area (Å²) < 4.78 is 6.15. The molecule has 3 atom stereocenters. The number of rotatable bonds is 4. The molecule has 1 aromatic rings. The normalized spacial score (nSPS) is 28.2. The van der Waals surface area contributed by atoms with E-state index in [1.807, 2.05) is 18.2 Å². The van der Waals surface area contributed by atoms with Gasteiger partial charge in [0.1, 0.15) is 11.9 Å². The molecular weight excluding hydrogens is 304 g/mol. The van der Waals surface area contributed by atoms with E-state index in [9.17, 15) is 0 Å². The molecule has 0 radical (unpaired) electrons. The second kappa shape index (κ2) is 6.61. The molecule has 21 heavy (non-hydrogen) atoms. The first kappa shape index (κ1) is 15.2. The average Bonchev–Trinajstić information content (AvgIpc) is 2.46. The van der Waals surface area contributed by atoms with Gasteiger partial charge in [0, 0.05) is 27.6 Å².